The minimum Gasteiger partial charge on any atom is -0.356 e. The maximum atomic E-state index is 11.3. The van der Waals surface area contributed by atoms with Crippen molar-refractivity contribution in [1.82, 2.24) is 10.6 Å². The fourth-order valence-corrected chi connectivity index (χ4v) is 1.93. The lowest BCUT2D eigenvalue weighted by Gasteiger charge is -2.16. The Morgan fingerprint density at radius 3 is 2.50 bits per heavy atom. The summed E-state index contributed by atoms with van der Waals surface area (Å²) in [5.74, 6) is 1.19. The van der Waals surface area contributed by atoms with Gasteiger partial charge in [0.25, 0.3) is 0 Å². The molecule has 1 rings (SSSR count). The van der Waals surface area contributed by atoms with Crippen LogP contribution in [0.1, 0.15) is 46.5 Å². The van der Waals surface area contributed by atoms with Gasteiger partial charge in [-0.15, -0.1) is 0 Å². The Hall–Kier alpha value is -0.570. The van der Waals surface area contributed by atoms with Crippen molar-refractivity contribution < 1.29 is 4.79 Å². The van der Waals surface area contributed by atoms with Gasteiger partial charge in [0.1, 0.15) is 0 Å². The predicted molar refractivity (Wildman–Crippen MR) is 67.3 cm³/mol. The van der Waals surface area contributed by atoms with Gasteiger partial charge in [0.05, 0.1) is 0 Å². The van der Waals surface area contributed by atoms with E-state index >= 15 is 0 Å². The van der Waals surface area contributed by atoms with Gasteiger partial charge >= 0.3 is 0 Å². The molecule has 0 radical (unpaired) electrons. The van der Waals surface area contributed by atoms with Crippen molar-refractivity contribution >= 4 is 5.91 Å². The zero-order valence-electron chi connectivity index (χ0n) is 10.9. The third-order valence-corrected chi connectivity index (χ3v) is 3.21. The van der Waals surface area contributed by atoms with Gasteiger partial charge in [-0.25, -0.2) is 0 Å². The number of carbonyl (C=O) groups excluding carboxylic acids is 1. The lowest BCUT2D eigenvalue weighted by Crippen LogP contribution is -2.34. The highest BCUT2D eigenvalue weighted by molar-refractivity contribution is 5.77. The smallest absolute Gasteiger partial charge is 0.222 e. The molecule has 1 amide bonds. The second-order valence-corrected chi connectivity index (χ2v) is 5.11. The molecule has 0 saturated heterocycles. The maximum Gasteiger partial charge on any atom is 0.222 e. The third-order valence-electron chi connectivity index (χ3n) is 3.21. The highest BCUT2D eigenvalue weighted by atomic mass is 16.1. The van der Waals surface area contributed by atoms with Gasteiger partial charge in [0.2, 0.25) is 5.91 Å². The monoisotopic (exact) mass is 226 g/mol. The normalized spacial score (nSPS) is 17.5. The second kappa shape index (κ2) is 6.89. The third kappa shape index (κ3) is 4.97. The second-order valence-electron chi connectivity index (χ2n) is 5.11. The number of hydrogen-bond acceptors (Lipinski definition) is 2. The van der Waals surface area contributed by atoms with Crippen molar-refractivity contribution in [2.45, 2.75) is 52.5 Å². The quantitative estimate of drug-likeness (QED) is 0.621. The molecule has 94 valence electrons. The maximum absolute atomic E-state index is 11.3. The van der Waals surface area contributed by atoms with Crippen LogP contribution < -0.4 is 10.6 Å². The Kier molecular flexibility index (Phi) is 5.81. The van der Waals surface area contributed by atoms with Crippen LogP contribution >= 0.6 is 0 Å². The van der Waals surface area contributed by atoms with Crippen molar-refractivity contribution in [3.05, 3.63) is 0 Å². The van der Waals surface area contributed by atoms with Crippen molar-refractivity contribution in [2.24, 2.45) is 11.8 Å². The largest absolute Gasteiger partial charge is 0.356 e. The van der Waals surface area contributed by atoms with Crippen LogP contribution in [0, 0.1) is 11.8 Å². The van der Waals surface area contributed by atoms with E-state index in [1.165, 1.54) is 19.3 Å². The van der Waals surface area contributed by atoms with Crippen LogP contribution in [-0.2, 0) is 4.79 Å². The molecule has 1 saturated carbocycles. The highest BCUT2D eigenvalue weighted by Gasteiger charge is 2.29. The lowest BCUT2D eigenvalue weighted by atomic mass is 10.1. The van der Waals surface area contributed by atoms with Crippen molar-refractivity contribution in [1.29, 1.82) is 0 Å². The zero-order valence-corrected chi connectivity index (χ0v) is 10.9. The molecule has 3 heteroatoms. The molecule has 1 atom stereocenters. The summed E-state index contributed by atoms with van der Waals surface area (Å²) in [6.45, 7) is 7.91. The molecule has 1 fully saturated rings. The lowest BCUT2D eigenvalue weighted by molar-refractivity contribution is -0.123. The molecule has 1 unspecified atom stereocenters. The van der Waals surface area contributed by atoms with E-state index in [1.807, 2.05) is 13.8 Å². The van der Waals surface area contributed by atoms with E-state index in [0.29, 0.717) is 6.04 Å². The molecule has 0 spiro atoms. The van der Waals surface area contributed by atoms with Crippen LogP contribution in [0.3, 0.4) is 0 Å². The van der Waals surface area contributed by atoms with Crippen molar-refractivity contribution in [3.8, 4) is 0 Å². The molecule has 0 aromatic heterocycles. The molecule has 0 heterocycles. The van der Waals surface area contributed by atoms with Crippen molar-refractivity contribution in [3.63, 3.8) is 0 Å². The van der Waals surface area contributed by atoms with E-state index in [9.17, 15) is 4.79 Å². The van der Waals surface area contributed by atoms with Gasteiger partial charge in [0.15, 0.2) is 0 Å². The van der Waals surface area contributed by atoms with Crippen LogP contribution in [-0.4, -0.2) is 25.0 Å². The fourth-order valence-electron chi connectivity index (χ4n) is 1.93. The van der Waals surface area contributed by atoms with Crippen LogP contribution in [0.4, 0.5) is 0 Å². The van der Waals surface area contributed by atoms with Crippen LogP contribution in [0.25, 0.3) is 0 Å². The summed E-state index contributed by atoms with van der Waals surface area (Å²) in [5, 5.41) is 6.52. The van der Waals surface area contributed by atoms with Gasteiger partial charge < -0.3 is 10.6 Å². The van der Waals surface area contributed by atoms with Gasteiger partial charge in [-0.05, 0) is 38.1 Å². The average molecular weight is 226 g/mol. The van der Waals surface area contributed by atoms with Crippen LogP contribution in [0.15, 0.2) is 0 Å². The predicted octanol–water partition coefficient (Wildman–Crippen LogP) is 1.93. The van der Waals surface area contributed by atoms with Gasteiger partial charge in [-0.1, -0.05) is 20.8 Å². The van der Waals surface area contributed by atoms with E-state index in [2.05, 4.69) is 17.6 Å². The Balaban J connectivity index is 1.96. The van der Waals surface area contributed by atoms with Gasteiger partial charge in [-0.2, -0.15) is 0 Å². The van der Waals surface area contributed by atoms with E-state index < -0.39 is 0 Å². The summed E-state index contributed by atoms with van der Waals surface area (Å²) in [7, 11) is 0. The highest BCUT2D eigenvalue weighted by Crippen LogP contribution is 2.33. The molecule has 0 aliphatic heterocycles. The minimum atomic E-state index is 0.0998. The molecule has 1 aliphatic rings. The standard InChI is InChI=1S/C13H26N2O/c1-4-12(11-6-7-11)14-8-5-9-15-13(16)10(2)3/h10-12,14H,4-9H2,1-3H3,(H,15,16). The summed E-state index contributed by atoms with van der Waals surface area (Å²) in [6, 6.07) is 0.709. The van der Waals surface area contributed by atoms with E-state index in [0.717, 1.165) is 25.4 Å². The summed E-state index contributed by atoms with van der Waals surface area (Å²) >= 11 is 0. The summed E-state index contributed by atoms with van der Waals surface area (Å²) in [4.78, 5) is 11.3. The Morgan fingerprint density at radius 2 is 2.00 bits per heavy atom. The zero-order chi connectivity index (χ0) is 12.0. The Labute approximate surface area is 99.4 Å². The number of nitrogens with one attached hydrogen (secondary N) is 2. The molecule has 0 bridgehead atoms. The number of carbonyl (C=O) groups is 1. The number of amides is 1. The summed E-state index contributed by atoms with van der Waals surface area (Å²) in [5.41, 5.74) is 0. The first-order valence-corrected chi connectivity index (χ1v) is 6.66. The minimum absolute atomic E-state index is 0.0998. The van der Waals surface area contributed by atoms with Crippen molar-refractivity contribution in [2.75, 3.05) is 13.1 Å². The van der Waals surface area contributed by atoms with E-state index in [-0.39, 0.29) is 11.8 Å². The van der Waals surface area contributed by atoms with E-state index in [1.54, 1.807) is 0 Å². The first-order chi connectivity index (χ1) is 7.65. The molecule has 1 aliphatic carbocycles. The SMILES string of the molecule is CCC(NCCCNC(=O)C(C)C)C1CC1. The average Bonchev–Trinajstić information content (AvgIpc) is 3.06. The number of rotatable bonds is 8. The van der Waals surface area contributed by atoms with E-state index in [4.69, 9.17) is 0 Å². The van der Waals surface area contributed by atoms with Gasteiger partial charge in [0, 0.05) is 18.5 Å². The summed E-state index contributed by atoms with van der Waals surface area (Å²) in [6.07, 6.45) is 5.05. The van der Waals surface area contributed by atoms with Gasteiger partial charge in [-0.3, -0.25) is 4.79 Å². The number of hydrogen-bond donors (Lipinski definition) is 2. The Morgan fingerprint density at radius 1 is 1.31 bits per heavy atom. The first kappa shape index (κ1) is 13.5. The molecule has 2 N–H and O–H groups in total. The fraction of sp³-hybridized carbons (Fsp3) is 0.923. The molecule has 0 aromatic carbocycles. The van der Waals surface area contributed by atoms with Crippen LogP contribution in [0.5, 0.6) is 0 Å². The topological polar surface area (TPSA) is 41.1 Å². The molecule has 16 heavy (non-hydrogen) atoms. The summed E-state index contributed by atoms with van der Waals surface area (Å²) < 4.78 is 0. The molecular weight excluding hydrogens is 200 g/mol. The molecular formula is C13H26N2O. The Bertz CT molecular complexity index is 212. The molecule has 0 aromatic rings. The first-order valence-electron chi connectivity index (χ1n) is 6.66. The van der Waals surface area contributed by atoms with Crippen LogP contribution in [0.2, 0.25) is 0 Å². The molecule has 3 nitrogen and oxygen atoms in total.